The van der Waals surface area contributed by atoms with Gasteiger partial charge in [0.25, 0.3) is 0 Å². The number of primary amides is 1. The highest BCUT2D eigenvalue weighted by Gasteiger charge is 2.55. The van der Waals surface area contributed by atoms with Crippen molar-refractivity contribution in [1.29, 1.82) is 0 Å². The van der Waals surface area contributed by atoms with Gasteiger partial charge in [-0.2, -0.15) is 5.10 Å². The zero-order valence-electron chi connectivity index (χ0n) is 11.8. The molecule has 3 rings (SSSR count). The number of amides is 2. The molecule has 0 radical (unpaired) electrons. The third kappa shape index (κ3) is 1.99. The van der Waals surface area contributed by atoms with Crippen molar-refractivity contribution in [3.63, 3.8) is 0 Å². The van der Waals surface area contributed by atoms with E-state index in [4.69, 9.17) is 5.73 Å². The molecule has 108 valence electrons. The predicted octanol–water partition coefficient (Wildman–Crippen LogP) is 1.37. The molecule has 6 nitrogen and oxygen atoms in total. The Hall–Kier alpha value is -1.85. The third-order valence-corrected chi connectivity index (χ3v) is 4.56. The molecule has 6 heteroatoms. The lowest BCUT2D eigenvalue weighted by Crippen LogP contribution is -2.37. The molecule has 0 aromatic carbocycles. The number of rotatable bonds is 5. The van der Waals surface area contributed by atoms with Gasteiger partial charge in [0, 0.05) is 5.56 Å². The van der Waals surface area contributed by atoms with Crippen LogP contribution in [0.3, 0.4) is 0 Å². The first kappa shape index (κ1) is 13.1. The first-order chi connectivity index (χ1) is 9.45. The minimum Gasteiger partial charge on any atom is -0.369 e. The largest absolute Gasteiger partial charge is 0.369 e. The summed E-state index contributed by atoms with van der Waals surface area (Å²) in [6.45, 7) is 4.02. The van der Waals surface area contributed by atoms with Gasteiger partial charge in [0.1, 0.15) is 11.2 Å². The molecule has 2 amide bonds. The van der Waals surface area contributed by atoms with Crippen molar-refractivity contribution in [3.05, 3.63) is 11.8 Å². The molecular formula is C14H20N4O2. The van der Waals surface area contributed by atoms with Gasteiger partial charge in [-0.25, -0.2) is 4.68 Å². The number of nitrogens with zero attached hydrogens (tertiary/aromatic N) is 2. The van der Waals surface area contributed by atoms with Crippen LogP contribution < -0.4 is 11.1 Å². The minimum absolute atomic E-state index is 0.266. The lowest BCUT2D eigenvalue weighted by molar-refractivity contribution is -0.132. The highest BCUT2D eigenvalue weighted by atomic mass is 16.2. The second-order valence-electron chi connectivity index (χ2n) is 6.10. The molecular weight excluding hydrogens is 256 g/mol. The van der Waals surface area contributed by atoms with Gasteiger partial charge in [0.05, 0.1) is 12.2 Å². The summed E-state index contributed by atoms with van der Waals surface area (Å²) in [6.07, 6.45) is 5.24. The number of hydrogen-bond acceptors (Lipinski definition) is 3. The van der Waals surface area contributed by atoms with Gasteiger partial charge in [0.2, 0.25) is 11.8 Å². The summed E-state index contributed by atoms with van der Waals surface area (Å²) < 4.78 is 1.86. The maximum atomic E-state index is 12.3. The maximum absolute atomic E-state index is 12.3. The van der Waals surface area contributed by atoms with Gasteiger partial charge in [-0.15, -0.1) is 0 Å². The Labute approximate surface area is 117 Å². The number of aromatic nitrogens is 2. The SMILES string of the molecule is Cc1cnn(C(C)C2CC2)c1NC(=O)C1(C(N)=O)CC1. The Morgan fingerprint density at radius 1 is 1.50 bits per heavy atom. The number of aryl methyl sites for hydroxylation is 1. The average molecular weight is 276 g/mol. The van der Waals surface area contributed by atoms with Crippen LogP contribution in [-0.2, 0) is 9.59 Å². The summed E-state index contributed by atoms with van der Waals surface area (Å²) in [5.74, 6) is 0.504. The van der Waals surface area contributed by atoms with Crippen molar-refractivity contribution in [2.45, 2.75) is 45.6 Å². The molecule has 1 unspecified atom stereocenters. The number of carbonyl (C=O) groups excluding carboxylic acids is 2. The van der Waals surface area contributed by atoms with Gasteiger partial charge in [-0.05, 0) is 45.4 Å². The fourth-order valence-electron chi connectivity index (χ4n) is 2.63. The van der Waals surface area contributed by atoms with Gasteiger partial charge < -0.3 is 11.1 Å². The van der Waals surface area contributed by atoms with Crippen molar-refractivity contribution in [3.8, 4) is 0 Å². The van der Waals surface area contributed by atoms with Gasteiger partial charge >= 0.3 is 0 Å². The van der Waals surface area contributed by atoms with E-state index in [9.17, 15) is 9.59 Å². The molecule has 2 saturated carbocycles. The van der Waals surface area contributed by atoms with E-state index < -0.39 is 11.3 Å². The highest BCUT2D eigenvalue weighted by molar-refractivity contribution is 6.12. The van der Waals surface area contributed by atoms with Crippen LogP contribution in [0.2, 0.25) is 0 Å². The Morgan fingerprint density at radius 2 is 2.15 bits per heavy atom. The van der Waals surface area contributed by atoms with Crippen LogP contribution in [0.4, 0.5) is 5.82 Å². The number of carbonyl (C=O) groups is 2. The first-order valence-electron chi connectivity index (χ1n) is 7.11. The van der Waals surface area contributed by atoms with Gasteiger partial charge in [0.15, 0.2) is 0 Å². The molecule has 1 heterocycles. The molecule has 2 aliphatic rings. The molecule has 2 fully saturated rings. The summed E-state index contributed by atoms with van der Waals surface area (Å²) in [7, 11) is 0. The second kappa shape index (κ2) is 4.33. The van der Waals surface area contributed by atoms with E-state index in [0.29, 0.717) is 24.6 Å². The van der Waals surface area contributed by atoms with Crippen molar-refractivity contribution in [2.24, 2.45) is 17.1 Å². The lowest BCUT2D eigenvalue weighted by atomic mass is 10.1. The molecule has 1 atom stereocenters. The lowest BCUT2D eigenvalue weighted by Gasteiger charge is -2.18. The van der Waals surface area contributed by atoms with Crippen LogP contribution >= 0.6 is 0 Å². The van der Waals surface area contributed by atoms with Crippen molar-refractivity contribution in [2.75, 3.05) is 5.32 Å². The van der Waals surface area contributed by atoms with E-state index in [2.05, 4.69) is 17.3 Å². The first-order valence-corrected chi connectivity index (χ1v) is 7.11. The molecule has 0 saturated heterocycles. The number of hydrogen-bond donors (Lipinski definition) is 2. The third-order valence-electron chi connectivity index (χ3n) is 4.56. The van der Waals surface area contributed by atoms with Crippen LogP contribution in [0.1, 0.15) is 44.2 Å². The number of anilines is 1. The summed E-state index contributed by atoms with van der Waals surface area (Å²) in [5.41, 5.74) is 5.25. The van der Waals surface area contributed by atoms with Crippen LogP contribution in [0.25, 0.3) is 0 Å². The van der Waals surface area contributed by atoms with Gasteiger partial charge in [-0.1, -0.05) is 0 Å². The summed E-state index contributed by atoms with van der Waals surface area (Å²) in [4.78, 5) is 23.7. The Balaban J connectivity index is 1.82. The van der Waals surface area contributed by atoms with Crippen molar-refractivity contribution in [1.82, 2.24) is 9.78 Å². The van der Waals surface area contributed by atoms with E-state index in [1.807, 2.05) is 11.6 Å². The van der Waals surface area contributed by atoms with Crippen LogP contribution in [0, 0.1) is 18.3 Å². The molecule has 0 aliphatic heterocycles. The fourth-order valence-corrected chi connectivity index (χ4v) is 2.63. The van der Waals surface area contributed by atoms with E-state index in [0.717, 1.165) is 5.56 Å². The highest BCUT2D eigenvalue weighted by Crippen LogP contribution is 2.47. The molecule has 20 heavy (non-hydrogen) atoms. The molecule has 0 bridgehead atoms. The minimum atomic E-state index is -0.996. The van der Waals surface area contributed by atoms with E-state index in [-0.39, 0.29) is 11.9 Å². The number of nitrogens with one attached hydrogen (secondary N) is 1. The summed E-state index contributed by atoms with van der Waals surface area (Å²) in [5, 5.41) is 7.23. The molecule has 3 N–H and O–H groups in total. The second-order valence-corrected chi connectivity index (χ2v) is 6.10. The quantitative estimate of drug-likeness (QED) is 0.796. The smallest absolute Gasteiger partial charge is 0.241 e. The summed E-state index contributed by atoms with van der Waals surface area (Å²) >= 11 is 0. The molecule has 1 aromatic heterocycles. The zero-order chi connectivity index (χ0) is 14.5. The molecule has 0 spiro atoms. The van der Waals surface area contributed by atoms with Crippen molar-refractivity contribution < 1.29 is 9.59 Å². The predicted molar refractivity (Wildman–Crippen MR) is 73.9 cm³/mol. The Kier molecular flexibility index (Phi) is 2.84. The van der Waals surface area contributed by atoms with Crippen LogP contribution in [-0.4, -0.2) is 21.6 Å². The Bertz CT molecular complexity index is 570. The zero-order valence-corrected chi connectivity index (χ0v) is 11.8. The average Bonchev–Trinajstić information content (AvgIpc) is 3.27. The van der Waals surface area contributed by atoms with Crippen LogP contribution in [0.5, 0.6) is 0 Å². The summed E-state index contributed by atoms with van der Waals surface area (Å²) in [6, 6.07) is 0.266. The van der Waals surface area contributed by atoms with E-state index in [1.54, 1.807) is 6.20 Å². The number of nitrogens with two attached hydrogens (primary N) is 1. The maximum Gasteiger partial charge on any atom is 0.241 e. The van der Waals surface area contributed by atoms with Gasteiger partial charge in [-0.3, -0.25) is 9.59 Å². The fraction of sp³-hybridized carbons (Fsp3) is 0.643. The standard InChI is InChI=1S/C14H20N4O2/c1-8-7-16-18(9(2)10-3-4-10)11(8)17-13(20)14(5-6-14)12(15)19/h7,9-10H,3-6H2,1-2H3,(H2,15,19)(H,17,20). The molecule has 2 aliphatic carbocycles. The Morgan fingerprint density at radius 3 is 2.65 bits per heavy atom. The molecule has 1 aromatic rings. The van der Waals surface area contributed by atoms with E-state index >= 15 is 0 Å². The monoisotopic (exact) mass is 276 g/mol. The van der Waals surface area contributed by atoms with Crippen molar-refractivity contribution >= 4 is 17.6 Å². The topological polar surface area (TPSA) is 90.0 Å². The van der Waals surface area contributed by atoms with E-state index in [1.165, 1.54) is 12.8 Å². The normalized spacial score (nSPS) is 21.3. The van der Waals surface area contributed by atoms with Crippen LogP contribution in [0.15, 0.2) is 6.20 Å².